The summed E-state index contributed by atoms with van der Waals surface area (Å²) >= 11 is 3.33. The van der Waals surface area contributed by atoms with Gasteiger partial charge in [0, 0.05) is 17.6 Å². The molecule has 1 aliphatic heterocycles. The topological polar surface area (TPSA) is 58.4 Å². The van der Waals surface area contributed by atoms with E-state index < -0.39 is 0 Å². The van der Waals surface area contributed by atoms with Gasteiger partial charge >= 0.3 is 6.03 Å². The number of anilines is 2. The quantitative estimate of drug-likeness (QED) is 0.779. The van der Waals surface area contributed by atoms with Crippen molar-refractivity contribution in [3.63, 3.8) is 0 Å². The lowest BCUT2D eigenvalue weighted by molar-refractivity contribution is 0.222. The second-order valence-corrected chi connectivity index (χ2v) is 4.77. The maximum Gasteiger partial charge on any atom is 0.321 e. The molecule has 0 aromatic heterocycles. The molecule has 0 atom stereocenters. The van der Waals surface area contributed by atoms with E-state index in [-0.39, 0.29) is 6.03 Å². The molecular weight excluding hydrogens is 270 g/mol. The van der Waals surface area contributed by atoms with Crippen molar-refractivity contribution >= 4 is 33.3 Å². The molecule has 5 heteroatoms. The number of nitrogens with zero attached hydrogens (tertiary/aromatic N) is 1. The normalized spacial score (nSPS) is 15.2. The summed E-state index contributed by atoms with van der Waals surface area (Å²) in [6.45, 7) is 1.67. The Labute approximate surface area is 103 Å². The highest BCUT2D eigenvalue weighted by Crippen LogP contribution is 2.23. The Morgan fingerprint density at radius 2 is 2.06 bits per heavy atom. The molecule has 2 rings (SSSR count). The second kappa shape index (κ2) is 4.74. The molecule has 1 fully saturated rings. The van der Waals surface area contributed by atoms with Gasteiger partial charge in [-0.2, -0.15) is 0 Å². The number of carbonyl (C=O) groups excluding carboxylic acids is 1. The van der Waals surface area contributed by atoms with Crippen molar-refractivity contribution in [1.82, 2.24) is 4.90 Å². The van der Waals surface area contributed by atoms with E-state index >= 15 is 0 Å². The van der Waals surface area contributed by atoms with Crippen LogP contribution in [0.25, 0.3) is 0 Å². The summed E-state index contributed by atoms with van der Waals surface area (Å²) < 4.78 is 0.907. The summed E-state index contributed by atoms with van der Waals surface area (Å²) in [6.07, 6.45) is 2.17. The molecule has 16 heavy (non-hydrogen) atoms. The Balaban J connectivity index is 2.05. The number of likely N-dealkylation sites (tertiary alicyclic amines) is 1. The lowest BCUT2D eigenvalue weighted by atomic mass is 10.3. The van der Waals surface area contributed by atoms with Gasteiger partial charge in [-0.05, 0) is 31.0 Å². The second-order valence-electron chi connectivity index (χ2n) is 3.86. The Morgan fingerprint density at radius 3 is 2.69 bits per heavy atom. The zero-order chi connectivity index (χ0) is 11.5. The first-order chi connectivity index (χ1) is 7.66. The van der Waals surface area contributed by atoms with E-state index in [0.717, 1.165) is 30.4 Å². The van der Waals surface area contributed by atoms with Crippen LogP contribution in [-0.2, 0) is 0 Å². The molecule has 86 valence electrons. The van der Waals surface area contributed by atoms with Crippen molar-refractivity contribution in [2.75, 3.05) is 24.1 Å². The van der Waals surface area contributed by atoms with Gasteiger partial charge in [-0.3, -0.25) is 0 Å². The minimum Gasteiger partial charge on any atom is -0.397 e. The van der Waals surface area contributed by atoms with Crippen molar-refractivity contribution in [2.45, 2.75) is 12.8 Å². The minimum atomic E-state index is -0.0634. The molecule has 1 aliphatic rings. The highest BCUT2D eigenvalue weighted by molar-refractivity contribution is 9.10. The maximum absolute atomic E-state index is 11.8. The fraction of sp³-hybridized carbons (Fsp3) is 0.364. The first-order valence-electron chi connectivity index (χ1n) is 5.28. The standard InChI is InChI=1S/C11H14BrN3O/c12-8-3-4-10(9(13)7-8)14-11(16)15-5-1-2-6-15/h3-4,7H,1-2,5-6,13H2,(H,14,16). The summed E-state index contributed by atoms with van der Waals surface area (Å²) in [5.41, 5.74) is 7.04. The molecule has 4 nitrogen and oxygen atoms in total. The monoisotopic (exact) mass is 283 g/mol. The third-order valence-corrected chi connectivity index (χ3v) is 3.14. The summed E-state index contributed by atoms with van der Waals surface area (Å²) in [5.74, 6) is 0. The van der Waals surface area contributed by atoms with E-state index in [1.54, 1.807) is 12.1 Å². The first-order valence-corrected chi connectivity index (χ1v) is 6.07. The Bertz CT molecular complexity index is 402. The SMILES string of the molecule is Nc1cc(Br)ccc1NC(=O)N1CCCC1. The van der Waals surface area contributed by atoms with Gasteiger partial charge in [0.05, 0.1) is 11.4 Å². The molecule has 0 aliphatic carbocycles. The minimum absolute atomic E-state index is 0.0634. The average molecular weight is 284 g/mol. The number of amides is 2. The molecule has 0 spiro atoms. The van der Waals surface area contributed by atoms with E-state index in [1.807, 2.05) is 11.0 Å². The molecule has 1 aromatic rings. The van der Waals surface area contributed by atoms with Crippen LogP contribution in [0, 0.1) is 0 Å². The molecular formula is C11H14BrN3O. The van der Waals surface area contributed by atoms with Crippen molar-refractivity contribution in [3.8, 4) is 0 Å². The highest BCUT2D eigenvalue weighted by atomic mass is 79.9. The van der Waals surface area contributed by atoms with Crippen LogP contribution < -0.4 is 11.1 Å². The fourth-order valence-corrected chi connectivity index (χ4v) is 2.14. The fourth-order valence-electron chi connectivity index (χ4n) is 1.76. The van der Waals surface area contributed by atoms with Crippen LogP contribution in [0.2, 0.25) is 0 Å². The van der Waals surface area contributed by atoms with Gasteiger partial charge in [-0.25, -0.2) is 4.79 Å². The van der Waals surface area contributed by atoms with Crippen LogP contribution in [-0.4, -0.2) is 24.0 Å². The smallest absolute Gasteiger partial charge is 0.321 e. The predicted octanol–water partition coefficient (Wildman–Crippen LogP) is 2.66. The summed E-state index contributed by atoms with van der Waals surface area (Å²) in [6, 6.07) is 5.37. The Morgan fingerprint density at radius 1 is 1.38 bits per heavy atom. The van der Waals surface area contributed by atoms with Crippen molar-refractivity contribution in [3.05, 3.63) is 22.7 Å². The molecule has 2 amide bonds. The number of nitrogens with two attached hydrogens (primary N) is 1. The molecule has 0 radical (unpaired) electrons. The van der Waals surface area contributed by atoms with Gasteiger partial charge < -0.3 is 16.0 Å². The molecule has 0 bridgehead atoms. The van der Waals surface area contributed by atoms with Crippen LogP contribution in [0.5, 0.6) is 0 Å². The van der Waals surface area contributed by atoms with Gasteiger partial charge in [0.1, 0.15) is 0 Å². The zero-order valence-corrected chi connectivity index (χ0v) is 10.5. The third-order valence-electron chi connectivity index (χ3n) is 2.65. The first kappa shape index (κ1) is 11.3. The van der Waals surface area contributed by atoms with Gasteiger partial charge in [0.2, 0.25) is 0 Å². The molecule has 1 heterocycles. The Kier molecular flexibility index (Phi) is 3.33. The number of carbonyl (C=O) groups is 1. The summed E-state index contributed by atoms with van der Waals surface area (Å²) in [7, 11) is 0. The van der Waals surface area contributed by atoms with Gasteiger partial charge in [0.15, 0.2) is 0 Å². The number of halogens is 1. The van der Waals surface area contributed by atoms with Crippen LogP contribution in [0.3, 0.4) is 0 Å². The summed E-state index contributed by atoms with van der Waals surface area (Å²) in [5, 5.41) is 2.82. The lowest BCUT2D eigenvalue weighted by Gasteiger charge is -2.17. The lowest BCUT2D eigenvalue weighted by Crippen LogP contribution is -2.32. The molecule has 0 saturated carbocycles. The number of urea groups is 1. The summed E-state index contributed by atoms with van der Waals surface area (Å²) in [4.78, 5) is 13.6. The van der Waals surface area contributed by atoms with E-state index in [1.165, 1.54) is 0 Å². The van der Waals surface area contributed by atoms with Crippen LogP contribution in [0.4, 0.5) is 16.2 Å². The number of benzene rings is 1. The van der Waals surface area contributed by atoms with Crippen molar-refractivity contribution in [2.24, 2.45) is 0 Å². The van der Waals surface area contributed by atoms with Gasteiger partial charge in [-0.15, -0.1) is 0 Å². The Hall–Kier alpha value is -1.23. The number of nitrogens with one attached hydrogen (secondary N) is 1. The predicted molar refractivity (Wildman–Crippen MR) is 68.4 cm³/mol. The number of hydrogen-bond donors (Lipinski definition) is 2. The van der Waals surface area contributed by atoms with Gasteiger partial charge in [0.25, 0.3) is 0 Å². The van der Waals surface area contributed by atoms with Crippen LogP contribution in [0.1, 0.15) is 12.8 Å². The molecule has 0 unspecified atom stereocenters. The average Bonchev–Trinajstić information content (AvgIpc) is 2.75. The van der Waals surface area contributed by atoms with Crippen LogP contribution in [0.15, 0.2) is 22.7 Å². The third kappa shape index (κ3) is 2.47. The zero-order valence-electron chi connectivity index (χ0n) is 8.87. The largest absolute Gasteiger partial charge is 0.397 e. The van der Waals surface area contributed by atoms with Crippen molar-refractivity contribution < 1.29 is 4.79 Å². The van der Waals surface area contributed by atoms with Gasteiger partial charge in [-0.1, -0.05) is 15.9 Å². The van der Waals surface area contributed by atoms with E-state index in [0.29, 0.717) is 11.4 Å². The van der Waals surface area contributed by atoms with E-state index in [9.17, 15) is 4.79 Å². The van der Waals surface area contributed by atoms with Crippen molar-refractivity contribution in [1.29, 1.82) is 0 Å². The maximum atomic E-state index is 11.8. The van der Waals surface area contributed by atoms with Crippen LogP contribution >= 0.6 is 15.9 Å². The molecule has 3 N–H and O–H groups in total. The molecule has 1 saturated heterocycles. The number of hydrogen-bond acceptors (Lipinski definition) is 2. The van der Waals surface area contributed by atoms with E-state index in [4.69, 9.17) is 5.73 Å². The molecule has 1 aromatic carbocycles. The number of nitrogen functional groups attached to an aromatic ring is 1. The van der Waals surface area contributed by atoms with E-state index in [2.05, 4.69) is 21.2 Å². The highest BCUT2D eigenvalue weighted by Gasteiger charge is 2.18. The number of rotatable bonds is 1.